The van der Waals surface area contributed by atoms with Gasteiger partial charge in [-0.2, -0.15) is 10.5 Å². The van der Waals surface area contributed by atoms with E-state index in [2.05, 4.69) is 15.9 Å². The number of methoxy groups -OCH3 is 1. The molecule has 0 amide bonds. The first-order valence-electron chi connectivity index (χ1n) is 4.17. The molecule has 16 heavy (non-hydrogen) atoms. The van der Waals surface area contributed by atoms with Crippen molar-refractivity contribution in [1.29, 1.82) is 10.5 Å². The zero-order chi connectivity index (χ0) is 12.1. The first kappa shape index (κ1) is 12.2. The fourth-order valence-corrected chi connectivity index (χ4v) is 1.63. The summed E-state index contributed by atoms with van der Waals surface area (Å²) < 4.78 is 18.4. The molecule has 0 bridgehead atoms. The molecule has 0 saturated heterocycles. The molecule has 80 valence electrons. The second-order valence-corrected chi connectivity index (χ2v) is 3.64. The van der Waals surface area contributed by atoms with Crippen LogP contribution in [0, 0.1) is 28.5 Å². The maximum absolute atomic E-state index is 13.0. The molecule has 0 spiro atoms. The Labute approximate surface area is 100 Å². The number of hydrogen-bond donors (Lipinski definition) is 0. The molecule has 0 unspecified atom stereocenters. The predicted molar refractivity (Wildman–Crippen MR) is 59.9 cm³/mol. The number of nitrogens with zero attached hydrogens (tertiary/aromatic N) is 2. The molecule has 0 saturated carbocycles. The van der Waals surface area contributed by atoms with E-state index in [-0.39, 0.29) is 11.3 Å². The van der Waals surface area contributed by atoms with Gasteiger partial charge in [0.2, 0.25) is 0 Å². The summed E-state index contributed by atoms with van der Waals surface area (Å²) in [5.74, 6) is -0.203. The SMILES string of the molecule is COc1cc(F)cc(Br)c1C=C(C#N)C#N. The molecule has 0 N–H and O–H groups in total. The average Bonchev–Trinajstić information content (AvgIpc) is 2.27. The Morgan fingerprint density at radius 1 is 1.44 bits per heavy atom. The predicted octanol–water partition coefficient (Wildman–Crippen LogP) is 3.03. The Morgan fingerprint density at radius 2 is 2.06 bits per heavy atom. The van der Waals surface area contributed by atoms with Gasteiger partial charge in [-0.25, -0.2) is 4.39 Å². The molecule has 0 aromatic heterocycles. The highest BCUT2D eigenvalue weighted by atomic mass is 79.9. The fourth-order valence-electron chi connectivity index (χ4n) is 1.10. The summed E-state index contributed by atoms with van der Waals surface area (Å²) in [4.78, 5) is 0. The second-order valence-electron chi connectivity index (χ2n) is 2.79. The van der Waals surface area contributed by atoms with Crippen LogP contribution in [0.3, 0.4) is 0 Å². The second kappa shape index (κ2) is 5.29. The molecule has 0 radical (unpaired) electrons. The van der Waals surface area contributed by atoms with Gasteiger partial charge in [0.1, 0.15) is 29.3 Å². The summed E-state index contributed by atoms with van der Waals surface area (Å²) in [5.41, 5.74) is 0.382. The summed E-state index contributed by atoms with van der Waals surface area (Å²) in [7, 11) is 1.39. The third-order valence-corrected chi connectivity index (χ3v) is 2.46. The van der Waals surface area contributed by atoms with Gasteiger partial charge in [0, 0.05) is 16.1 Å². The van der Waals surface area contributed by atoms with Crippen LogP contribution in [0.15, 0.2) is 22.2 Å². The number of rotatable bonds is 2. The van der Waals surface area contributed by atoms with E-state index in [0.717, 1.165) is 0 Å². The van der Waals surface area contributed by atoms with Crippen LogP contribution in [0.4, 0.5) is 4.39 Å². The standard InChI is InChI=1S/C11H6BrFN2O/c1-16-11-4-8(13)3-10(12)9(11)2-7(5-14)6-15/h2-4H,1H3. The van der Waals surface area contributed by atoms with E-state index in [1.54, 1.807) is 12.1 Å². The van der Waals surface area contributed by atoms with Gasteiger partial charge in [-0.3, -0.25) is 0 Å². The topological polar surface area (TPSA) is 56.8 Å². The highest BCUT2D eigenvalue weighted by molar-refractivity contribution is 9.10. The van der Waals surface area contributed by atoms with Crippen LogP contribution in [0.5, 0.6) is 5.75 Å². The highest BCUT2D eigenvalue weighted by Crippen LogP contribution is 2.30. The Morgan fingerprint density at radius 3 is 2.56 bits per heavy atom. The molecular formula is C11H6BrFN2O. The van der Waals surface area contributed by atoms with Gasteiger partial charge >= 0.3 is 0 Å². The molecule has 0 fully saturated rings. The zero-order valence-electron chi connectivity index (χ0n) is 8.29. The van der Waals surface area contributed by atoms with Crippen LogP contribution in [0.2, 0.25) is 0 Å². The molecule has 0 heterocycles. The van der Waals surface area contributed by atoms with Gasteiger partial charge in [0.15, 0.2) is 0 Å². The number of allylic oxidation sites excluding steroid dienone is 1. The number of nitriles is 2. The van der Waals surface area contributed by atoms with Gasteiger partial charge in [0.05, 0.1) is 7.11 Å². The first-order valence-corrected chi connectivity index (χ1v) is 4.96. The van der Waals surface area contributed by atoms with Crippen molar-refractivity contribution >= 4 is 22.0 Å². The van der Waals surface area contributed by atoms with E-state index >= 15 is 0 Å². The quantitative estimate of drug-likeness (QED) is 0.783. The number of ether oxygens (including phenoxy) is 1. The monoisotopic (exact) mass is 280 g/mol. The number of halogens is 2. The van der Waals surface area contributed by atoms with Crippen LogP contribution in [-0.2, 0) is 0 Å². The largest absolute Gasteiger partial charge is 0.496 e. The molecule has 3 nitrogen and oxygen atoms in total. The van der Waals surface area contributed by atoms with Gasteiger partial charge < -0.3 is 4.74 Å². The number of hydrogen-bond acceptors (Lipinski definition) is 3. The van der Waals surface area contributed by atoms with Crippen molar-refractivity contribution in [2.45, 2.75) is 0 Å². The van der Waals surface area contributed by atoms with Crippen LogP contribution in [0.25, 0.3) is 6.08 Å². The van der Waals surface area contributed by atoms with Crippen molar-refractivity contribution in [2.24, 2.45) is 0 Å². The Kier molecular flexibility index (Phi) is 4.04. The maximum atomic E-state index is 13.0. The van der Waals surface area contributed by atoms with E-state index in [4.69, 9.17) is 15.3 Å². The summed E-state index contributed by atoms with van der Waals surface area (Å²) >= 11 is 3.14. The lowest BCUT2D eigenvalue weighted by Gasteiger charge is -2.07. The summed E-state index contributed by atoms with van der Waals surface area (Å²) in [6, 6.07) is 5.87. The van der Waals surface area contributed by atoms with Crippen molar-refractivity contribution in [1.82, 2.24) is 0 Å². The van der Waals surface area contributed by atoms with Crippen LogP contribution < -0.4 is 4.74 Å². The minimum atomic E-state index is -0.462. The van der Waals surface area contributed by atoms with Gasteiger partial charge in [-0.1, -0.05) is 0 Å². The van der Waals surface area contributed by atoms with Crippen LogP contribution in [0.1, 0.15) is 5.56 Å². The van der Waals surface area contributed by atoms with Gasteiger partial charge in [-0.05, 0) is 28.1 Å². The van der Waals surface area contributed by atoms with Crippen molar-refractivity contribution in [3.8, 4) is 17.9 Å². The third kappa shape index (κ3) is 2.59. The summed E-state index contributed by atoms with van der Waals surface area (Å²) in [6.45, 7) is 0. The van der Waals surface area contributed by atoms with Crippen molar-refractivity contribution < 1.29 is 9.13 Å². The van der Waals surface area contributed by atoms with Gasteiger partial charge in [0.25, 0.3) is 0 Å². The van der Waals surface area contributed by atoms with Crippen LogP contribution >= 0.6 is 15.9 Å². The summed E-state index contributed by atoms with van der Waals surface area (Å²) in [6.07, 6.45) is 1.34. The minimum absolute atomic E-state index is 0.0781. The van der Waals surface area contributed by atoms with Gasteiger partial charge in [-0.15, -0.1) is 0 Å². The minimum Gasteiger partial charge on any atom is -0.496 e. The highest BCUT2D eigenvalue weighted by Gasteiger charge is 2.09. The van der Waals surface area contributed by atoms with Crippen LogP contribution in [-0.4, -0.2) is 7.11 Å². The Balaban J connectivity index is 3.40. The lowest BCUT2D eigenvalue weighted by molar-refractivity contribution is 0.410. The maximum Gasteiger partial charge on any atom is 0.130 e. The molecule has 5 heteroatoms. The van der Waals surface area contributed by atoms with E-state index in [0.29, 0.717) is 10.0 Å². The molecule has 0 aliphatic carbocycles. The van der Waals surface area contributed by atoms with E-state index in [9.17, 15) is 4.39 Å². The zero-order valence-corrected chi connectivity index (χ0v) is 9.88. The molecule has 0 aliphatic rings. The van der Waals surface area contributed by atoms with E-state index in [1.807, 2.05) is 0 Å². The van der Waals surface area contributed by atoms with E-state index < -0.39 is 5.82 Å². The normalized spacial score (nSPS) is 8.81. The molecular weight excluding hydrogens is 275 g/mol. The fraction of sp³-hybridized carbons (Fsp3) is 0.0909. The van der Waals surface area contributed by atoms with Crippen molar-refractivity contribution in [2.75, 3.05) is 7.11 Å². The molecule has 1 aromatic carbocycles. The smallest absolute Gasteiger partial charge is 0.130 e. The molecule has 1 aromatic rings. The number of benzene rings is 1. The van der Waals surface area contributed by atoms with E-state index in [1.165, 1.54) is 25.3 Å². The van der Waals surface area contributed by atoms with Crippen molar-refractivity contribution in [3.63, 3.8) is 0 Å². The molecule has 0 aliphatic heterocycles. The average molecular weight is 281 g/mol. The summed E-state index contributed by atoms with van der Waals surface area (Å²) in [5, 5.41) is 17.3. The lowest BCUT2D eigenvalue weighted by Crippen LogP contribution is -1.91. The van der Waals surface area contributed by atoms with Crippen molar-refractivity contribution in [3.05, 3.63) is 33.6 Å². The molecule has 0 atom stereocenters. The lowest BCUT2D eigenvalue weighted by atomic mass is 10.1. The Hall–Kier alpha value is -1.85. The Bertz CT molecular complexity index is 510. The first-order chi connectivity index (χ1) is 7.62. The third-order valence-electron chi connectivity index (χ3n) is 1.81. The molecule has 1 rings (SSSR count).